The minimum Gasteiger partial charge on any atom is -0.310 e. The molecule has 1 aromatic heterocycles. The van der Waals surface area contributed by atoms with Gasteiger partial charge in [-0.1, -0.05) is 194 Å². The Morgan fingerprint density at radius 2 is 0.746 bits per heavy atom. The molecule has 0 atom stereocenters. The first-order valence-electron chi connectivity index (χ1n) is 24.7. The molecule has 0 bridgehead atoms. The Bertz CT molecular complexity index is 4530. The van der Waals surface area contributed by atoms with Crippen LogP contribution in [0.5, 0.6) is 0 Å². The van der Waals surface area contributed by atoms with E-state index in [-0.39, 0.29) is 0 Å². The summed E-state index contributed by atoms with van der Waals surface area (Å²) in [5, 5.41) is 15.1. The summed E-state index contributed by atoms with van der Waals surface area (Å²) < 4.78 is 2.61. The van der Waals surface area contributed by atoms with Crippen molar-refractivity contribution in [2.45, 2.75) is 5.41 Å². The lowest BCUT2D eigenvalue weighted by Crippen LogP contribution is -2.26. The van der Waals surface area contributed by atoms with Gasteiger partial charge in [-0.15, -0.1) is 11.3 Å². The number of rotatable bonds is 4. The first-order valence-corrected chi connectivity index (χ1v) is 25.5. The molecule has 0 fully saturated rings. The number of thiophene rings is 1. The summed E-state index contributed by atoms with van der Waals surface area (Å²) in [6, 6.07) is 94.2. The molecule has 14 aromatic rings. The third-order valence-corrected chi connectivity index (χ3v) is 17.2. The maximum Gasteiger partial charge on any atom is 0.0726 e. The fraction of sp³-hybridized carbons (Fsp3) is 0.0145. The zero-order chi connectivity index (χ0) is 46.4. The van der Waals surface area contributed by atoms with Gasteiger partial charge in [-0.2, -0.15) is 0 Å². The van der Waals surface area contributed by atoms with Gasteiger partial charge in [0.1, 0.15) is 0 Å². The van der Waals surface area contributed by atoms with Crippen LogP contribution in [0.15, 0.2) is 249 Å². The average Bonchev–Trinajstić information content (AvgIpc) is 4.08. The lowest BCUT2D eigenvalue weighted by Gasteiger charge is -2.33. The Labute approximate surface area is 414 Å². The van der Waals surface area contributed by atoms with E-state index >= 15 is 0 Å². The van der Waals surface area contributed by atoms with Crippen LogP contribution < -0.4 is 4.90 Å². The Morgan fingerprint density at radius 1 is 0.268 bits per heavy atom. The number of hydrogen-bond acceptors (Lipinski definition) is 2. The van der Waals surface area contributed by atoms with Gasteiger partial charge < -0.3 is 4.90 Å². The van der Waals surface area contributed by atoms with Gasteiger partial charge in [-0.05, 0) is 159 Å². The Balaban J connectivity index is 1.07. The number of anilines is 3. The molecule has 0 saturated heterocycles. The summed E-state index contributed by atoms with van der Waals surface area (Å²) >= 11 is 1.87. The molecular formula is C69H41NS. The first kappa shape index (κ1) is 39.1. The second-order valence-electron chi connectivity index (χ2n) is 19.5. The minimum atomic E-state index is -0.524. The summed E-state index contributed by atoms with van der Waals surface area (Å²) in [4.78, 5) is 2.58. The number of fused-ring (bicyclic) bond motifs is 22. The SMILES string of the molecule is c1ccc2c(c1)-c1ccccc1C21c2ccccc2-c2cc(-c3ccc4sc5ccccc5c4c3)c(N(c3ccc4ccc5ccccc5c4c3)c3ccc4c5ccccc5c5ccccc5c4c3)cc21. The van der Waals surface area contributed by atoms with Crippen LogP contribution in [0.2, 0.25) is 0 Å². The van der Waals surface area contributed by atoms with Crippen molar-refractivity contribution in [3.63, 3.8) is 0 Å². The van der Waals surface area contributed by atoms with E-state index in [2.05, 4.69) is 254 Å². The van der Waals surface area contributed by atoms with E-state index in [4.69, 9.17) is 0 Å². The van der Waals surface area contributed by atoms with E-state index in [1.807, 2.05) is 11.3 Å². The van der Waals surface area contributed by atoms with Crippen molar-refractivity contribution >= 4 is 102 Å². The lowest BCUT2D eigenvalue weighted by molar-refractivity contribution is 0.794. The Hall–Kier alpha value is -8.82. The van der Waals surface area contributed by atoms with Crippen molar-refractivity contribution in [3.8, 4) is 33.4 Å². The zero-order valence-electron chi connectivity index (χ0n) is 38.5. The maximum atomic E-state index is 2.59. The van der Waals surface area contributed by atoms with Crippen molar-refractivity contribution in [3.05, 3.63) is 271 Å². The van der Waals surface area contributed by atoms with Crippen molar-refractivity contribution < 1.29 is 0 Å². The normalized spacial score (nSPS) is 13.2. The first-order chi connectivity index (χ1) is 35.2. The van der Waals surface area contributed by atoms with Crippen LogP contribution in [0.1, 0.15) is 22.3 Å². The third-order valence-electron chi connectivity index (χ3n) is 16.0. The van der Waals surface area contributed by atoms with Crippen molar-refractivity contribution in [1.29, 1.82) is 0 Å². The molecule has 2 heteroatoms. The molecule has 0 unspecified atom stereocenters. The summed E-state index contributed by atoms with van der Waals surface area (Å²) in [5.74, 6) is 0. The predicted octanol–water partition coefficient (Wildman–Crippen LogP) is 19.3. The molecule has 1 spiro atoms. The van der Waals surface area contributed by atoms with E-state index in [1.165, 1.54) is 130 Å². The average molecular weight is 916 g/mol. The summed E-state index contributed by atoms with van der Waals surface area (Å²) in [6.45, 7) is 0. The van der Waals surface area contributed by atoms with E-state index in [0.717, 1.165) is 17.1 Å². The van der Waals surface area contributed by atoms with Gasteiger partial charge in [0, 0.05) is 37.1 Å². The van der Waals surface area contributed by atoms with E-state index < -0.39 is 5.41 Å². The van der Waals surface area contributed by atoms with Crippen molar-refractivity contribution in [2.24, 2.45) is 0 Å². The Morgan fingerprint density at radius 3 is 1.42 bits per heavy atom. The fourth-order valence-corrected chi connectivity index (χ4v) is 14.1. The van der Waals surface area contributed by atoms with Gasteiger partial charge in [0.15, 0.2) is 0 Å². The molecule has 2 aliphatic rings. The van der Waals surface area contributed by atoms with E-state index in [1.54, 1.807) is 0 Å². The van der Waals surface area contributed by atoms with Gasteiger partial charge in [0.05, 0.1) is 11.1 Å². The number of hydrogen-bond donors (Lipinski definition) is 0. The molecule has 1 heterocycles. The predicted molar refractivity (Wildman–Crippen MR) is 303 cm³/mol. The largest absolute Gasteiger partial charge is 0.310 e. The monoisotopic (exact) mass is 915 g/mol. The van der Waals surface area contributed by atoms with Crippen LogP contribution in [-0.4, -0.2) is 0 Å². The maximum absolute atomic E-state index is 2.59. The molecule has 0 saturated carbocycles. The summed E-state index contributed by atoms with van der Waals surface area (Å²) in [7, 11) is 0. The summed E-state index contributed by atoms with van der Waals surface area (Å²) in [6.07, 6.45) is 0. The second-order valence-corrected chi connectivity index (χ2v) is 20.5. The molecule has 0 aliphatic heterocycles. The van der Waals surface area contributed by atoms with Gasteiger partial charge in [-0.3, -0.25) is 0 Å². The van der Waals surface area contributed by atoms with Gasteiger partial charge >= 0.3 is 0 Å². The topological polar surface area (TPSA) is 3.24 Å². The van der Waals surface area contributed by atoms with E-state index in [9.17, 15) is 0 Å². The van der Waals surface area contributed by atoms with Crippen LogP contribution in [0.3, 0.4) is 0 Å². The quantitative estimate of drug-likeness (QED) is 0.159. The Kier molecular flexibility index (Phi) is 8.04. The fourth-order valence-electron chi connectivity index (χ4n) is 13.0. The van der Waals surface area contributed by atoms with Crippen LogP contribution in [0.25, 0.3) is 107 Å². The van der Waals surface area contributed by atoms with Gasteiger partial charge in [0.25, 0.3) is 0 Å². The third kappa shape index (κ3) is 5.35. The second kappa shape index (κ2) is 14.6. The number of benzene rings is 13. The smallest absolute Gasteiger partial charge is 0.0726 e. The van der Waals surface area contributed by atoms with Gasteiger partial charge in [0.2, 0.25) is 0 Å². The lowest BCUT2D eigenvalue weighted by atomic mass is 9.70. The van der Waals surface area contributed by atoms with Crippen LogP contribution in [0, 0.1) is 0 Å². The van der Waals surface area contributed by atoms with Crippen molar-refractivity contribution in [2.75, 3.05) is 4.90 Å². The summed E-state index contributed by atoms with van der Waals surface area (Å²) in [5.41, 5.74) is 15.7. The van der Waals surface area contributed by atoms with Crippen LogP contribution in [0.4, 0.5) is 17.1 Å². The minimum absolute atomic E-state index is 0.524. The molecule has 0 amide bonds. The molecule has 0 radical (unpaired) electrons. The van der Waals surface area contributed by atoms with E-state index in [0.29, 0.717) is 0 Å². The zero-order valence-corrected chi connectivity index (χ0v) is 39.3. The molecule has 1 nitrogen and oxygen atoms in total. The highest BCUT2D eigenvalue weighted by Gasteiger charge is 2.52. The standard InChI is InChI=1S/C69H41NS/c1-2-16-47-42(15-1)29-30-43-31-33-45(38-57(43)47)70(46-34-35-52-50-19-4-3-17-48(50)49-18-5-6-20-51(49)59(52)39-46)66-41-65-60(40-58(66)44-32-36-68-61(37-44)56-24-10-14-28-67(56)71-68)55-23-9-13-27-64(55)69(65)62-25-11-7-21-53(62)54-22-8-12-26-63(54)69/h1-41H. The van der Waals surface area contributed by atoms with Crippen LogP contribution >= 0.6 is 11.3 Å². The highest BCUT2D eigenvalue weighted by Crippen LogP contribution is 2.64. The molecule has 2 aliphatic carbocycles. The highest BCUT2D eigenvalue weighted by atomic mass is 32.1. The molecule has 16 rings (SSSR count). The number of nitrogens with zero attached hydrogens (tertiary/aromatic N) is 1. The molecule has 328 valence electrons. The van der Waals surface area contributed by atoms with Crippen LogP contribution in [-0.2, 0) is 5.41 Å². The van der Waals surface area contributed by atoms with Crippen molar-refractivity contribution in [1.82, 2.24) is 0 Å². The molecule has 0 N–H and O–H groups in total. The molecule has 71 heavy (non-hydrogen) atoms. The molecule has 13 aromatic carbocycles. The molecular weight excluding hydrogens is 875 g/mol. The van der Waals surface area contributed by atoms with Gasteiger partial charge in [-0.25, -0.2) is 0 Å². The highest BCUT2D eigenvalue weighted by molar-refractivity contribution is 7.25.